The summed E-state index contributed by atoms with van der Waals surface area (Å²) >= 11 is 0. The van der Waals surface area contributed by atoms with Crippen molar-refractivity contribution in [1.82, 2.24) is 10.6 Å². The van der Waals surface area contributed by atoms with E-state index >= 15 is 0 Å². The Morgan fingerprint density at radius 1 is 0.371 bits per heavy atom. The van der Waals surface area contributed by atoms with Crippen LogP contribution in [-0.4, -0.2) is 47.3 Å². The summed E-state index contributed by atoms with van der Waals surface area (Å²) in [7, 11) is 3.03. The third-order valence-corrected chi connectivity index (χ3v) is 12.8. The van der Waals surface area contributed by atoms with E-state index in [2.05, 4.69) is 10.6 Å². The van der Waals surface area contributed by atoms with Gasteiger partial charge in [-0.25, -0.2) is 9.59 Å². The summed E-state index contributed by atoms with van der Waals surface area (Å²) in [5, 5.41) is 6.10. The summed E-state index contributed by atoms with van der Waals surface area (Å²) in [6, 6.07) is 55.9. The van der Waals surface area contributed by atoms with Crippen molar-refractivity contribution in [2.75, 3.05) is 11.5 Å². The molecule has 6 aromatic carbocycles. The van der Waals surface area contributed by atoms with Crippen molar-refractivity contribution in [2.24, 2.45) is 11.8 Å². The maximum Gasteiger partial charge on any atom is 0.329 e. The molecule has 0 saturated carbocycles. The van der Waals surface area contributed by atoms with Gasteiger partial charge in [-0.1, -0.05) is 204 Å². The number of benzene rings is 6. The predicted molar refractivity (Wildman–Crippen MR) is 249 cm³/mol. The number of ether oxygens (including phenoxy) is 2. The molecule has 0 aliphatic heterocycles. The van der Waals surface area contributed by atoms with Gasteiger partial charge in [-0.15, -0.1) is 0 Å². The number of carbonyl (C=O) groups excluding carboxylic acids is 4. The molecule has 0 spiro atoms. The van der Waals surface area contributed by atoms with Crippen LogP contribution in [0, 0.1) is 11.8 Å². The van der Waals surface area contributed by atoms with Gasteiger partial charge in [0.05, 0.1) is 11.8 Å². The average molecular weight is 865 g/mol. The predicted octanol–water partition coefficient (Wildman–Crippen LogP) is 9.03. The van der Waals surface area contributed by atoms with E-state index in [0.717, 1.165) is 33.4 Å². The molecular weight excluding hydrogens is 813 g/mol. The molecule has 6 aromatic rings. The van der Waals surface area contributed by atoms with Gasteiger partial charge in [0, 0.05) is 24.3 Å². The van der Waals surface area contributed by atoms with Gasteiger partial charge in [0.2, 0.25) is 11.8 Å². The Labute approximate surface area is 372 Å². The summed E-state index contributed by atoms with van der Waals surface area (Å²) in [4.78, 5) is 55.7. The molecule has 0 saturated heterocycles. The molecule has 4 atom stereocenters. The van der Waals surface area contributed by atoms with Crippen LogP contribution < -0.4 is 10.6 Å². The van der Waals surface area contributed by atoms with Crippen molar-refractivity contribution in [3.8, 4) is 0 Å². The van der Waals surface area contributed by atoms with Crippen molar-refractivity contribution in [3.05, 3.63) is 215 Å². The molecule has 6 rings (SSSR count). The maximum atomic E-state index is 14.2. The standard InChI is InChI=1S/C52H52N2O6S2/c55-49(53-47(33-41-23-11-3-12-24-41)51(57)59-35-43-27-15-5-16-28-43)45(31-39-19-7-1-8-20-39)37-61-62-38-46(32-40-21-9-2-10-22-40)50(56)54-48(34-42-25-13-4-14-26-42)52(58)60-36-44-29-17-6-18-30-44/h1-30,45-48H,31-38H2,(H,53,55)(H,54,56). The molecule has 0 aliphatic carbocycles. The molecular formula is C52H52N2O6S2. The molecule has 0 bridgehead atoms. The lowest BCUT2D eigenvalue weighted by atomic mass is 9.99. The van der Waals surface area contributed by atoms with Crippen molar-refractivity contribution >= 4 is 45.3 Å². The zero-order valence-electron chi connectivity index (χ0n) is 34.6. The van der Waals surface area contributed by atoms with E-state index in [1.54, 1.807) is 0 Å². The second-order valence-corrected chi connectivity index (χ2v) is 17.6. The van der Waals surface area contributed by atoms with Crippen molar-refractivity contribution < 1.29 is 28.7 Å². The molecule has 0 heterocycles. The van der Waals surface area contributed by atoms with E-state index in [1.807, 2.05) is 182 Å². The first kappa shape index (κ1) is 45.4. The van der Waals surface area contributed by atoms with Crippen LogP contribution >= 0.6 is 21.6 Å². The Bertz CT molecular complexity index is 2090. The molecule has 0 aromatic heterocycles. The number of rotatable bonds is 23. The van der Waals surface area contributed by atoms with Crippen LogP contribution in [0.3, 0.4) is 0 Å². The molecule has 8 nitrogen and oxygen atoms in total. The van der Waals surface area contributed by atoms with E-state index in [1.165, 1.54) is 21.6 Å². The highest BCUT2D eigenvalue weighted by molar-refractivity contribution is 8.76. The number of esters is 2. The maximum absolute atomic E-state index is 14.2. The Kier molecular flexibility index (Phi) is 18.3. The van der Waals surface area contributed by atoms with Gasteiger partial charge in [0.1, 0.15) is 25.3 Å². The fraction of sp³-hybridized carbons (Fsp3) is 0.231. The van der Waals surface area contributed by atoms with Crippen LogP contribution in [0.15, 0.2) is 182 Å². The fourth-order valence-electron chi connectivity index (χ4n) is 6.84. The Balaban J connectivity index is 1.14. The quantitative estimate of drug-likeness (QED) is 0.0373. The third-order valence-electron chi connectivity index (χ3n) is 10.2. The van der Waals surface area contributed by atoms with Crippen molar-refractivity contribution in [1.29, 1.82) is 0 Å². The topological polar surface area (TPSA) is 111 Å². The lowest BCUT2D eigenvalue weighted by molar-refractivity contribution is -0.149. The molecule has 0 aliphatic rings. The van der Waals surface area contributed by atoms with Gasteiger partial charge in [-0.05, 0) is 46.2 Å². The van der Waals surface area contributed by atoms with Crippen LogP contribution in [0.5, 0.6) is 0 Å². The van der Waals surface area contributed by atoms with Crippen molar-refractivity contribution in [2.45, 2.75) is 51.0 Å². The second-order valence-electron chi connectivity index (χ2n) is 15.0. The average Bonchev–Trinajstić information content (AvgIpc) is 3.32. The number of carbonyl (C=O) groups is 4. The fourth-order valence-corrected chi connectivity index (χ4v) is 9.46. The normalized spacial score (nSPS) is 12.8. The summed E-state index contributed by atoms with van der Waals surface area (Å²) in [5.74, 6) is -1.66. The van der Waals surface area contributed by atoms with E-state index in [-0.39, 0.29) is 37.9 Å². The molecule has 0 radical (unpaired) electrons. The van der Waals surface area contributed by atoms with E-state index in [0.29, 0.717) is 24.3 Å². The largest absolute Gasteiger partial charge is 0.459 e. The molecule has 2 N–H and O–H groups in total. The van der Waals surface area contributed by atoms with Gasteiger partial charge in [-0.2, -0.15) is 0 Å². The van der Waals surface area contributed by atoms with Crippen LogP contribution in [0.25, 0.3) is 0 Å². The van der Waals surface area contributed by atoms with Gasteiger partial charge in [0.15, 0.2) is 0 Å². The molecule has 2 amide bonds. The molecule has 62 heavy (non-hydrogen) atoms. The monoisotopic (exact) mass is 864 g/mol. The summed E-state index contributed by atoms with van der Waals surface area (Å²) in [6.07, 6.45) is 1.47. The van der Waals surface area contributed by atoms with Crippen LogP contribution in [0.1, 0.15) is 33.4 Å². The minimum atomic E-state index is -0.897. The summed E-state index contributed by atoms with van der Waals surface area (Å²) < 4.78 is 11.5. The van der Waals surface area contributed by atoms with Gasteiger partial charge < -0.3 is 20.1 Å². The zero-order chi connectivity index (χ0) is 43.2. The highest BCUT2D eigenvalue weighted by Gasteiger charge is 2.30. The summed E-state index contributed by atoms with van der Waals surface area (Å²) in [6.45, 7) is 0.195. The van der Waals surface area contributed by atoms with Crippen molar-refractivity contribution in [3.63, 3.8) is 0 Å². The van der Waals surface area contributed by atoms with Gasteiger partial charge >= 0.3 is 11.9 Å². The van der Waals surface area contributed by atoms with Gasteiger partial charge in [-0.3, -0.25) is 9.59 Å². The first-order valence-corrected chi connectivity index (χ1v) is 23.3. The Morgan fingerprint density at radius 3 is 0.919 bits per heavy atom. The third kappa shape index (κ3) is 15.4. The Morgan fingerprint density at radius 2 is 0.629 bits per heavy atom. The number of hydrogen-bond acceptors (Lipinski definition) is 8. The molecule has 318 valence electrons. The Hall–Kier alpha value is -6.10. The SMILES string of the molecule is O=C(NC(Cc1ccccc1)C(=O)OCc1ccccc1)C(CSSCC(Cc1ccccc1)C(=O)NC(Cc1ccccc1)C(=O)OCc1ccccc1)Cc1ccccc1. The highest BCUT2D eigenvalue weighted by Crippen LogP contribution is 2.30. The first-order chi connectivity index (χ1) is 30.4. The smallest absolute Gasteiger partial charge is 0.329 e. The zero-order valence-corrected chi connectivity index (χ0v) is 36.2. The minimum absolute atomic E-state index is 0.0976. The number of amides is 2. The molecule has 4 unspecified atom stereocenters. The van der Waals surface area contributed by atoms with E-state index in [4.69, 9.17) is 9.47 Å². The minimum Gasteiger partial charge on any atom is -0.459 e. The van der Waals surface area contributed by atoms with Crippen LogP contribution in [-0.2, 0) is 67.5 Å². The number of hydrogen-bond donors (Lipinski definition) is 2. The molecule has 0 fully saturated rings. The van der Waals surface area contributed by atoms with E-state index in [9.17, 15) is 19.2 Å². The van der Waals surface area contributed by atoms with Crippen LogP contribution in [0.4, 0.5) is 0 Å². The lowest BCUT2D eigenvalue weighted by Crippen LogP contribution is -2.46. The van der Waals surface area contributed by atoms with Gasteiger partial charge in [0.25, 0.3) is 0 Å². The summed E-state index contributed by atoms with van der Waals surface area (Å²) in [5.41, 5.74) is 5.50. The second kappa shape index (κ2) is 25.0. The lowest BCUT2D eigenvalue weighted by Gasteiger charge is -2.23. The highest BCUT2D eigenvalue weighted by atomic mass is 33.1. The molecule has 10 heteroatoms. The number of nitrogens with one attached hydrogen (secondary N) is 2. The first-order valence-electron chi connectivity index (χ1n) is 20.8. The van der Waals surface area contributed by atoms with E-state index < -0.39 is 35.9 Å². The van der Waals surface area contributed by atoms with Crippen LogP contribution in [0.2, 0.25) is 0 Å².